The molecule has 1 unspecified atom stereocenters. The summed E-state index contributed by atoms with van der Waals surface area (Å²) in [4.78, 5) is 4.29. The molecule has 1 rings (SSSR count). The van der Waals surface area contributed by atoms with Crippen LogP contribution in [0, 0.1) is 0 Å². The van der Waals surface area contributed by atoms with E-state index in [1.54, 1.807) is 11.8 Å². The first-order valence-corrected chi connectivity index (χ1v) is 5.32. The van der Waals surface area contributed by atoms with Crippen molar-refractivity contribution in [3.05, 3.63) is 0 Å². The lowest BCUT2D eigenvalue weighted by molar-refractivity contribution is 0.849. The second-order valence-corrected chi connectivity index (χ2v) is 4.64. The fourth-order valence-corrected chi connectivity index (χ4v) is 2.52. The SMILES string of the molecule is CC(N)CSC1=NCCS1. The van der Waals surface area contributed by atoms with Crippen molar-refractivity contribution < 1.29 is 0 Å². The summed E-state index contributed by atoms with van der Waals surface area (Å²) >= 11 is 3.62. The van der Waals surface area contributed by atoms with Crippen molar-refractivity contribution in [3.8, 4) is 0 Å². The summed E-state index contributed by atoms with van der Waals surface area (Å²) in [5, 5.41) is 0. The van der Waals surface area contributed by atoms with Crippen LogP contribution in [0.3, 0.4) is 0 Å². The Bertz CT molecular complexity index is 134. The fourth-order valence-electron chi connectivity index (χ4n) is 0.606. The van der Waals surface area contributed by atoms with Gasteiger partial charge in [0.25, 0.3) is 0 Å². The molecule has 2 nitrogen and oxygen atoms in total. The molecule has 0 bridgehead atoms. The molecule has 58 valence electrons. The molecular weight excluding hydrogens is 164 g/mol. The Kier molecular flexibility index (Phi) is 3.59. The number of aliphatic imine (C=N–C) groups is 1. The maximum atomic E-state index is 5.59. The predicted molar refractivity (Wildman–Crippen MR) is 50.9 cm³/mol. The largest absolute Gasteiger partial charge is 0.327 e. The van der Waals surface area contributed by atoms with Crippen LogP contribution in [0.1, 0.15) is 6.92 Å². The van der Waals surface area contributed by atoms with Gasteiger partial charge in [-0.05, 0) is 6.92 Å². The van der Waals surface area contributed by atoms with Crippen molar-refractivity contribution in [2.45, 2.75) is 13.0 Å². The molecule has 0 radical (unpaired) electrons. The second kappa shape index (κ2) is 4.26. The number of rotatable bonds is 2. The third-order valence-electron chi connectivity index (χ3n) is 1.03. The van der Waals surface area contributed by atoms with Gasteiger partial charge in [-0.3, -0.25) is 4.99 Å². The Morgan fingerprint density at radius 3 is 3.20 bits per heavy atom. The van der Waals surface area contributed by atoms with E-state index in [1.807, 2.05) is 18.7 Å². The minimum absolute atomic E-state index is 0.286. The monoisotopic (exact) mass is 176 g/mol. The topological polar surface area (TPSA) is 38.4 Å². The lowest BCUT2D eigenvalue weighted by atomic mass is 10.4. The molecule has 1 heterocycles. The average molecular weight is 176 g/mol. The van der Waals surface area contributed by atoms with Gasteiger partial charge >= 0.3 is 0 Å². The number of nitrogens with zero attached hydrogens (tertiary/aromatic N) is 1. The van der Waals surface area contributed by atoms with E-state index < -0.39 is 0 Å². The van der Waals surface area contributed by atoms with Crippen LogP contribution in [0.4, 0.5) is 0 Å². The third kappa shape index (κ3) is 2.94. The molecule has 1 atom stereocenters. The van der Waals surface area contributed by atoms with E-state index >= 15 is 0 Å². The number of thioether (sulfide) groups is 2. The minimum Gasteiger partial charge on any atom is -0.327 e. The van der Waals surface area contributed by atoms with Gasteiger partial charge < -0.3 is 5.73 Å². The molecule has 0 aromatic heterocycles. The van der Waals surface area contributed by atoms with Gasteiger partial charge in [0, 0.05) is 17.5 Å². The minimum atomic E-state index is 0.286. The maximum Gasteiger partial charge on any atom is 0.124 e. The van der Waals surface area contributed by atoms with Gasteiger partial charge in [-0.15, -0.1) is 0 Å². The van der Waals surface area contributed by atoms with Gasteiger partial charge in [0.05, 0.1) is 6.54 Å². The predicted octanol–water partition coefficient (Wildman–Crippen LogP) is 1.17. The second-order valence-electron chi connectivity index (χ2n) is 2.28. The van der Waals surface area contributed by atoms with Gasteiger partial charge in [-0.2, -0.15) is 0 Å². The van der Waals surface area contributed by atoms with Crippen LogP contribution >= 0.6 is 23.5 Å². The molecule has 0 saturated carbocycles. The Morgan fingerprint density at radius 2 is 2.70 bits per heavy atom. The van der Waals surface area contributed by atoms with Gasteiger partial charge in [0.2, 0.25) is 0 Å². The zero-order valence-electron chi connectivity index (χ0n) is 6.04. The highest BCUT2D eigenvalue weighted by Crippen LogP contribution is 2.21. The summed E-state index contributed by atoms with van der Waals surface area (Å²) in [6, 6.07) is 0.286. The van der Waals surface area contributed by atoms with Crippen molar-refractivity contribution in [1.29, 1.82) is 0 Å². The van der Waals surface area contributed by atoms with Gasteiger partial charge in [-0.1, -0.05) is 23.5 Å². The Hall–Kier alpha value is 0.330. The van der Waals surface area contributed by atoms with Crippen LogP contribution < -0.4 is 5.73 Å². The molecule has 0 aromatic rings. The highest BCUT2D eigenvalue weighted by atomic mass is 32.2. The standard InChI is InChI=1S/C6H12N2S2/c1-5(7)4-10-6-8-2-3-9-6/h5H,2-4,7H2,1H3. The first-order chi connectivity index (χ1) is 4.79. The molecular formula is C6H12N2S2. The van der Waals surface area contributed by atoms with E-state index in [2.05, 4.69) is 4.99 Å². The molecule has 0 fully saturated rings. The molecule has 1 aliphatic heterocycles. The molecule has 0 amide bonds. The number of hydrogen-bond acceptors (Lipinski definition) is 4. The van der Waals surface area contributed by atoms with Crippen LogP contribution in [-0.2, 0) is 0 Å². The Morgan fingerprint density at radius 1 is 1.90 bits per heavy atom. The molecule has 2 N–H and O–H groups in total. The quantitative estimate of drug-likeness (QED) is 0.686. The van der Waals surface area contributed by atoms with Crippen LogP contribution in [0.5, 0.6) is 0 Å². The van der Waals surface area contributed by atoms with Crippen LogP contribution in [0.25, 0.3) is 0 Å². The van der Waals surface area contributed by atoms with Gasteiger partial charge in [0.15, 0.2) is 0 Å². The van der Waals surface area contributed by atoms with Crippen LogP contribution in [-0.4, -0.2) is 28.5 Å². The lowest BCUT2D eigenvalue weighted by Crippen LogP contribution is -2.18. The van der Waals surface area contributed by atoms with Crippen molar-refractivity contribution in [3.63, 3.8) is 0 Å². The molecule has 0 saturated heterocycles. The number of hydrogen-bond donors (Lipinski definition) is 1. The molecule has 10 heavy (non-hydrogen) atoms. The van der Waals surface area contributed by atoms with E-state index in [4.69, 9.17) is 5.73 Å². The van der Waals surface area contributed by atoms with Crippen molar-refractivity contribution in [2.24, 2.45) is 10.7 Å². The Balaban J connectivity index is 2.13. The summed E-state index contributed by atoms with van der Waals surface area (Å²) in [7, 11) is 0. The fraction of sp³-hybridized carbons (Fsp3) is 0.833. The Labute approximate surface area is 70.0 Å². The smallest absolute Gasteiger partial charge is 0.124 e. The molecule has 0 aromatic carbocycles. The first kappa shape index (κ1) is 8.43. The summed E-state index contributed by atoms with van der Waals surface area (Å²) in [6.45, 7) is 3.01. The molecule has 0 spiro atoms. The summed E-state index contributed by atoms with van der Waals surface area (Å²) < 4.78 is 1.22. The van der Waals surface area contributed by atoms with Crippen molar-refractivity contribution in [1.82, 2.24) is 0 Å². The summed E-state index contributed by atoms with van der Waals surface area (Å²) in [5.74, 6) is 2.15. The van der Waals surface area contributed by atoms with E-state index in [1.165, 1.54) is 4.38 Å². The molecule has 4 heteroatoms. The molecule has 1 aliphatic rings. The van der Waals surface area contributed by atoms with Crippen molar-refractivity contribution >= 4 is 27.9 Å². The zero-order chi connectivity index (χ0) is 7.40. The maximum absolute atomic E-state index is 5.59. The van der Waals surface area contributed by atoms with E-state index in [-0.39, 0.29) is 6.04 Å². The van der Waals surface area contributed by atoms with Crippen molar-refractivity contribution in [2.75, 3.05) is 18.1 Å². The van der Waals surface area contributed by atoms with Crippen LogP contribution in [0.15, 0.2) is 4.99 Å². The molecule has 0 aliphatic carbocycles. The van der Waals surface area contributed by atoms with E-state index in [0.29, 0.717) is 0 Å². The highest BCUT2D eigenvalue weighted by Gasteiger charge is 2.07. The zero-order valence-corrected chi connectivity index (χ0v) is 7.67. The van der Waals surface area contributed by atoms with Gasteiger partial charge in [0.1, 0.15) is 4.38 Å². The average Bonchev–Trinajstić information content (AvgIpc) is 2.34. The summed E-state index contributed by atoms with van der Waals surface area (Å²) in [6.07, 6.45) is 0. The third-order valence-corrected chi connectivity index (χ3v) is 3.57. The van der Waals surface area contributed by atoms with E-state index in [0.717, 1.165) is 18.1 Å². The number of nitrogens with two attached hydrogens (primary N) is 1. The van der Waals surface area contributed by atoms with Gasteiger partial charge in [-0.25, -0.2) is 0 Å². The highest BCUT2D eigenvalue weighted by molar-refractivity contribution is 8.39. The first-order valence-electron chi connectivity index (χ1n) is 3.34. The van der Waals surface area contributed by atoms with E-state index in [9.17, 15) is 0 Å². The normalized spacial score (nSPS) is 20.8. The summed E-state index contributed by atoms with van der Waals surface area (Å²) in [5.41, 5.74) is 5.59. The lowest BCUT2D eigenvalue weighted by Gasteiger charge is -2.02. The van der Waals surface area contributed by atoms with Crippen LogP contribution in [0.2, 0.25) is 0 Å².